The number of likely N-dealkylation sites (tertiary alicyclic amines) is 1. The molecule has 25 heavy (non-hydrogen) atoms. The van der Waals surface area contributed by atoms with Gasteiger partial charge in [0.15, 0.2) is 0 Å². The minimum atomic E-state index is 0.0841. The molecule has 0 radical (unpaired) electrons. The van der Waals surface area contributed by atoms with Gasteiger partial charge in [0.25, 0.3) is 5.91 Å². The minimum absolute atomic E-state index is 0.0841. The molecule has 0 spiro atoms. The molecule has 0 unspecified atom stereocenters. The third-order valence-electron chi connectivity index (χ3n) is 5.81. The van der Waals surface area contributed by atoms with Crippen LogP contribution in [0.25, 0.3) is 0 Å². The Hall–Kier alpha value is -1.55. The summed E-state index contributed by atoms with van der Waals surface area (Å²) in [4.78, 5) is 17.4. The van der Waals surface area contributed by atoms with E-state index in [1.807, 2.05) is 38.4 Å². The summed E-state index contributed by atoms with van der Waals surface area (Å²) in [6, 6.07) is 8.24. The molecule has 4 nitrogen and oxygen atoms in total. The number of carbonyl (C=O) groups is 1. The molecule has 1 saturated heterocycles. The average Bonchev–Trinajstić information content (AvgIpc) is 2.64. The Bertz CT molecular complexity index is 549. The number of carbonyl (C=O) groups excluding carboxylic acids is 1. The first-order valence-electron chi connectivity index (χ1n) is 9.94. The molecule has 1 aliphatic heterocycles. The molecule has 2 fully saturated rings. The van der Waals surface area contributed by atoms with E-state index in [0.29, 0.717) is 12.0 Å². The number of hydrogen-bond acceptors (Lipinski definition) is 3. The zero-order chi connectivity index (χ0) is 17.6. The molecule has 1 aliphatic carbocycles. The van der Waals surface area contributed by atoms with Gasteiger partial charge in [0, 0.05) is 37.9 Å². The maximum atomic E-state index is 12.7. The largest absolute Gasteiger partial charge is 0.378 e. The lowest BCUT2D eigenvalue weighted by Gasteiger charge is -2.37. The van der Waals surface area contributed by atoms with Crippen LogP contribution in [0.3, 0.4) is 0 Å². The highest BCUT2D eigenvalue weighted by Gasteiger charge is 2.28. The van der Waals surface area contributed by atoms with Gasteiger partial charge in [-0.3, -0.25) is 4.79 Å². The van der Waals surface area contributed by atoms with Crippen molar-refractivity contribution in [1.82, 2.24) is 10.2 Å². The molecular formula is C21H33N3O. The van der Waals surface area contributed by atoms with Crippen molar-refractivity contribution in [3.63, 3.8) is 0 Å². The predicted molar refractivity (Wildman–Crippen MR) is 104 cm³/mol. The van der Waals surface area contributed by atoms with Gasteiger partial charge in [-0.1, -0.05) is 19.3 Å². The zero-order valence-electron chi connectivity index (χ0n) is 15.8. The van der Waals surface area contributed by atoms with Crippen molar-refractivity contribution >= 4 is 11.6 Å². The zero-order valence-corrected chi connectivity index (χ0v) is 15.8. The SMILES string of the molecule is CN(C)c1ccc(C(=O)N[C@@H]2CCCC[C@H]2CN2CCCCC2)cc1. The number of hydrogen-bond donors (Lipinski definition) is 1. The summed E-state index contributed by atoms with van der Waals surface area (Å²) >= 11 is 0. The van der Waals surface area contributed by atoms with E-state index in [2.05, 4.69) is 15.1 Å². The molecule has 3 rings (SSSR count). The fourth-order valence-electron chi connectivity index (χ4n) is 4.25. The fourth-order valence-corrected chi connectivity index (χ4v) is 4.25. The maximum absolute atomic E-state index is 12.7. The lowest BCUT2D eigenvalue weighted by atomic mass is 9.83. The summed E-state index contributed by atoms with van der Waals surface area (Å²) in [6.07, 6.45) is 8.97. The lowest BCUT2D eigenvalue weighted by molar-refractivity contribution is 0.0877. The van der Waals surface area contributed by atoms with Gasteiger partial charge in [-0.05, 0) is 69.0 Å². The van der Waals surface area contributed by atoms with Crippen molar-refractivity contribution in [2.75, 3.05) is 38.6 Å². The Balaban J connectivity index is 1.59. The Morgan fingerprint density at radius 3 is 2.40 bits per heavy atom. The summed E-state index contributed by atoms with van der Waals surface area (Å²) in [5.41, 5.74) is 1.89. The first kappa shape index (κ1) is 18.2. The number of rotatable bonds is 5. The van der Waals surface area contributed by atoms with Crippen LogP contribution < -0.4 is 10.2 Å². The summed E-state index contributed by atoms with van der Waals surface area (Å²) in [6.45, 7) is 3.64. The smallest absolute Gasteiger partial charge is 0.251 e. The van der Waals surface area contributed by atoms with Crippen LogP contribution >= 0.6 is 0 Å². The van der Waals surface area contributed by atoms with E-state index in [9.17, 15) is 4.79 Å². The highest BCUT2D eigenvalue weighted by atomic mass is 16.1. The second-order valence-electron chi connectivity index (χ2n) is 7.93. The van der Waals surface area contributed by atoms with Crippen LogP contribution in [0.1, 0.15) is 55.3 Å². The van der Waals surface area contributed by atoms with Crippen LogP contribution in [-0.2, 0) is 0 Å². The van der Waals surface area contributed by atoms with Crippen molar-refractivity contribution in [3.05, 3.63) is 29.8 Å². The highest BCUT2D eigenvalue weighted by Crippen LogP contribution is 2.27. The van der Waals surface area contributed by atoms with Crippen LogP contribution in [-0.4, -0.2) is 50.6 Å². The van der Waals surface area contributed by atoms with Crippen LogP contribution in [0.2, 0.25) is 0 Å². The molecular weight excluding hydrogens is 310 g/mol. The number of amides is 1. The molecule has 2 aliphatic rings. The van der Waals surface area contributed by atoms with Gasteiger partial charge in [0.05, 0.1) is 0 Å². The van der Waals surface area contributed by atoms with Gasteiger partial charge >= 0.3 is 0 Å². The van der Waals surface area contributed by atoms with E-state index in [-0.39, 0.29) is 5.91 Å². The van der Waals surface area contributed by atoms with Crippen LogP contribution in [0, 0.1) is 5.92 Å². The van der Waals surface area contributed by atoms with E-state index in [4.69, 9.17) is 0 Å². The minimum Gasteiger partial charge on any atom is -0.378 e. The van der Waals surface area contributed by atoms with Crippen LogP contribution in [0.4, 0.5) is 5.69 Å². The van der Waals surface area contributed by atoms with Crippen LogP contribution in [0.5, 0.6) is 0 Å². The fraction of sp³-hybridized carbons (Fsp3) is 0.667. The molecule has 1 N–H and O–H groups in total. The van der Waals surface area contributed by atoms with Gasteiger partial charge in [0.2, 0.25) is 0 Å². The number of nitrogens with one attached hydrogen (secondary N) is 1. The summed E-state index contributed by atoms with van der Waals surface area (Å²) in [5.74, 6) is 0.692. The van der Waals surface area contributed by atoms with Gasteiger partial charge in [-0.15, -0.1) is 0 Å². The second-order valence-corrected chi connectivity index (χ2v) is 7.93. The van der Waals surface area contributed by atoms with Gasteiger partial charge in [-0.2, -0.15) is 0 Å². The predicted octanol–water partition coefficient (Wildman–Crippen LogP) is 3.53. The summed E-state index contributed by atoms with van der Waals surface area (Å²) in [7, 11) is 4.03. The molecule has 1 aromatic rings. The molecule has 0 aromatic heterocycles. The Morgan fingerprint density at radius 2 is 1.72 bits per heavy atom. The monoisotopic (exact) mass is 343 g/mol. The van der Waals surface area contributed by atoms with E-state index in [1.165, 1.54) is 51.6 Å². The van der Waals surface area contributed by atoms with Gasteiger partial charge in [-0.25, -0.2) is 0 Å². The average molecular weight is 344 g/mol. The summed E-state index contributed by atoms with van der Waals surface area (Å²) in [5, 5.41) is 3.34. The number of nitrogens with zero attached hydrogens (tertiary/aromatic N) is 2. The quantitative estimate of drug-likeness (QED) is 0.888. The maximum Gasteiger partial charge on any atom is 0.251 e. The molecule has 1 amide bonds. The third-order valence-corrected chi connectivity index (χ3v) is 5.81. The van der Waals surface area contributed by atoms with Crippen molar-refractivity contribution in [3.8, 4) is 0 Å². The van der Waals surface area contributed by atoms with Crippen molar-refractivity contribution < 1.29 is 4.79 Å². The van der Waals surface area contributed by atoms with Crippen molar-refractivity contribution in [1.29, 1.82) is 0 Å². The Kier molecular flexibility index (Phi) is 6.35. The molecule has 1 saturated carbocycles. The van der Waals surface area contributed by atoms with E-state index < -0.39 is 0 Å². The molecule has 1 heterocycles. The van der Waals surface area contributed by atoms with Crippen LogP contribution in [0.15, 0.2) is 24.3 Å². The number of benzene rings is 1. The number of anilines is 1. The molecule has 1 aromatic carbocycles. The topological polar surface area (TPSA) is 35.6 Å². The lowest BCUT2D eigenvalue weighted by Crippen LogP contribution is -2.47. The number of piperidine rings is 1. The summed E-state index contributed by atoms with van der Waals surface area (Å²) < 4.78 is 0. The van der Waals surface area contributed by atoms with Crippen molar-refractivity contribution in [2.24, 2.45) is 5.92 Å². The standard InChI is InChI=1S/C21H33N3O/c1-23(2)19-12-10-17(11-13-19)21(25)22-20-9-5-4-8-18(20)16-24-14-6-3-7-15-24/h10-13,18,20H,3-9,14-16H2,1-2H3,(H,22,25)/t18-,20+/m0/s1. The molecule has 0 bridgehead atoms. The molecule has 4 heteroatoms. The molecule has 138 valence electrons. The third kappa shape index (κ3) is 4.97. The second kappa shape index (κ2) is 8.70. The molecule has 2 atom stereocenters. The first-order valence-corrected chi connectivity index (χ1v) is 9.94. The van der Waals surface area contributed by atoms with E-state index in [1.54, 1.807) is 0 Å². The van der Waals surface area contributed by atoms with E-state index >= 15 is 0 Å². The van der Waals surface area contributed by atoms with Gasteiger partial charge < -0.3 is 15.1 Å². The first-order chi connectivity index (χ1) is 12.1. The Morgan fingerprint density at radius 1 is 1.04 bits per heavy atom. The normalized spacial score (nSPS) is 24.7. The Labute approximate surface area is 152 Å². The highest BCUT2D eigenvalue weighted by molar-refractivity contribution is 5.94. The van der Waals surface area contributed by atoms with Gasteiger partial charge in [0.1, 0.15) is 0 Å². The van der Waals surface area contributed by atoms with E-state index in [0.717, 1.165) is 24.2 Å². The van der Waals surface area contributed by atoms with Crippen molar-refractivity contribution in [2.45, 2.75) is 51.0 Å².